The molecule has 2 aromatic rings. The third-order valence-electron chi connectivity index (χ3n) is 3.14. The van der Waals surface area contributed by atoms with E-state index >= 15 is 0 Å². The van der Waals surface area contributed by atoms with Crippen molar-refractivity contribution in [3.8, 4) is 5.75 Å². The van der Waals surface area contributed by atoms with E-state index in [1.807, 2.05) is 0 Å². The summed E-state index contributed by atoms with van der Waals surface area (Å²) < 4.78 is 31.7. The van der Waals surface area contributed by atoms with Gasteiger partial charge in [-0.15, -0.1) is 0 Å². The number of hydrogen-bond acceptors (Lipinski definition) is 5. The van der Waals surface area contributed by atoms with Gasteiger partial charge in [-0.2, -0.15) is 0 Å². The Kier molecular flexibility index (Phi) is 5.30. The van der Waals surface area contributed by atoms with Gasteiger partial charge in [-0.25, -0.2) is 17.9 Å². The molecule has 23 heavy (non-hydrogen) atoms. The molecular weight excluding hydrogens is 320 g/mol. The van der Waals surface area contributed by atoms with Crippen LogP contribution in [0.5, 0.6) is 5.75 Å². The van der Waals surface area contributed by atoms with Gasteiger partial charge in [-0.1, -0.05) is 12.1 Å². The Morgan fingerprint density at radius 3 is 2.57 bits per heavy atom. The maximum atomic E-state index is 12.1. The van der Waals surface area contributed by atoms with Gasteiger partial charge in [-0.3, -0.25) is 4.98 Å². The van der Waals surface area contributed by atoms with E-state index in [2.05, 4.69) is 9.71 Å². The fourth-order valence-electron chi connectivity index (χ4n) is 1.88. The summed E-state index contributed by atoms with van der Waals surface area (Å²) in [6.07, 6.45) is 3.10. The molecule has 0 amide bonds. The van der Waals surface area contributed by atoms with Gasteiger partial charge in [0.25, 0.3) is 0 Å². The number of carboxylic acid groups (broad SMARTS) is 1. The number of nitrogens with zero attached hydrogens (tertiary/aromatic N) is 1. The van der Waals surface area contributed by atoms with Crippen molar-refractivity contribution in [3.05, 3.63) is 53.9 Å². The maximum Gasteiger partial charge on any atom is 0.335 e. The molecule has 0 saturated heterocycles. The molecule has 1 aromatic heterocycles. The topological polar surface area (TPSA) is 106 Å². The molecule has 0 aliphatic carbocycles. The summed E-state index contributed by atoms with van der Waals surface area (Å²) >= 11 is 0. The molecule has 2 N–H and O–H groups in total. The Balaban J connectivity index is 1.98. The summed E-state index contributed by atoms with van der Waals surface area (Å²) in [6, 6.07) is 7.67. The quantitative estimate of drug-likeness (QED) is 0.790. The number of pyridine rings is 1. The number of sulfonamides is 1. The minimum Gasteiger partial charge on any atom is -0.495 e. The number of carboxylic acids is 1. The van der Waals surface area contributed by atoms with Gasteiger partial charge in [0, 0.05) is 18.8 Å². The molecule has 2 rings (SSSR count). The smallest absolute Gasteiger partial charge is 0.335 e. The molecule has 0 fully saturated rings. The van der Waals surface area contributed by atoms with Crippen LogP contribution in [0.2, 0.25) is 0 Å². The Bertz CT molecular complexity index is 788. The van der Waals surface area contributed by atoms with Crippen LogP contribution in [0.15, 0.2) is 47.6 Å². The first kappa shape index (κ1) is 16.9. The van der Waals surface area contributed by atoms with Crippen LogP contribution in [-0.2, 0) is 16.4 Å². The van der Waals surface area contributed by atoms with E-state index in [0.717, 1.165) is 5.56 Å². The monoisotopic (exact) mass is 336 g/mol. The number of carbonyl (C=O) groups is 1. The predicted molar refractivity (Wildman–Crippen MR) is 83.1 cm³/mol. The van der Waals surface area contributed by atoms with Crippen LogP contribution in [0, 0.1) is 0 Å². The summed E-state index contributed by atoms with van der Waals surface area (Å²) in [5.74, 6) is -0.639. The molecule has 7 nitrogen and oxygen atoms in total. The molecular formula is C15H16N2O5S. The molecule has 0 saturated carbocycles. The minimum absolute atomic E-state index is 0.0260. The van der Waals surface area contributed by atoms with Crippen LogP contribution >= 0.6 is 0 Å². The van der Waals surface area contributed by atoms with Crippen LogP contribution < -0.4 is 9.46 Å². The van der Waals surface area contributed by atoms with Crippen molar-refractivity contribution in [3.63, 3.8) is 0 Å². The van der Waals surface area contributed by atoms with Crippen LogP contribution in [-0.4, -0.2) is 38.1 Å². The van der Waals surface area contributed by atoms with Gasteiger partial charge >= 0.3 is 5.97 Å². The van der Waals surface area contributed by atoms with Crippen LogP contribution in [0.4, 0.5) is 0 Å². The van der Waals surface area contributed by atoms with Crippen molar-refractivity contribution in [2.24, 2.45) is 0 Å². The van der Waals surface area contributed by atoms with Crippen LogP contribution in [0.25, 0.3) is 0 Å². The lowest BCUT2D eigenvalue weighted by atomic mass is 10.1. The number of ether oxygens (including phenoxy) is 1. The highest BCUT2D eigenvalue weighted by molar-refractivity contribution is 7.89. The van der Waals surface area contributed by atoms with Gasteiger partial charge in [0.15, 0.2) is 0 Å². The van der Waals surface area contributed by atoms with Crippen molar-refractivity contribution in [1.82, 2.24) is 9.71 Å². The largest absolute Gasteiger partial charge is 0.495 e. The lowest BCUT2D eigenvalue weighted by molar-refractivity contribution is 0.0697. The first-order valence-electron chi connectivity index (χ1n) is 6.73. The second kappa shape index (κ2) is 7.21. The Labute approximate surface area is 134 Å². The fourth-order valence-corrected chi connectivity index (χ4v) is 2.89. The fraction of sp³-hybridized carbons (Fsp3) is 0.200. The summed E-state index contributed by atoms with van der Waals surface area (Å²) in [7, 11) is -2.24. The van der Waals surface area contributed by atoms with Gasteiger partial charge in [0.05, 0.1) is 18.9 Å². The van der Waals surface area contributed by atoms with Gasteiger partial charge < -0.3 is 9.84 Å². The van der Waals surface area contributed by atoms with Crippen molar-refractivity contribution in [2.45, 2.75) is 11.3 Å². The molecule has 0 unspecified atom stereocenters. The summed E-state index contributed by atoms with van der Waals surface area (Å²) in [4.78, 5) is 14.6. The van der Waals surface area contributed by atoms with Crippen LogP contribution in [0.3, 0.4) is 0 Å². The third kappa shape index (κ3) is 4.51. The Morgan fingerprint density at radius 2 is 1.96 bits per heavy atom. The molecule has 122 valence electrons. The van der Waals surface area contributed by atoms with E-state index in [9.17, 15) is 13.2 Å². The number of rotatable bonds is 7. The number of hydrogen-bond donors (Lipinski definition) is 2. The highest BCUT2D eigenvalue weighted by Crippen LogP contribution is 2.15. The second-order valence-electron chi connectivity index (χ2n) is 4.71. The van der Waals surface area contributed by atoms with Crippen molar-refractivity contribution in [2.75, 3.05) is 13.7 Å². The highest BCUT2D eigenvalue weighted by Gasteiger charge is 2.14. The Hall–Kier alpha value is -2.45. The van der Waals surface area contributed by atoms with Gasteiger partial charge in [0.1, 0.15) is 10.6 Å². The standard InChI is InChI=1S/C15H16N2O5S/c1-22-13-8-14(10-16-9-13)23(20,21)17-7-6-11-2-4-12(5-3-11)15(18)19/h2-5,8-10,17H,6-7H2,1H3,(H,18,19). The summed E-state index contributed by atoms with van der Waals surface area (Å²) in [5, 5.41) is 8.82. The molecule has 0 aliphatic heterocycles. The molecule has 0 radical (unpaired) electrons. The lowest BCUT2D eigenvalue weighted by Crippen LogP contribution is -2.26. The number of methoxy groups -OCH3 is 1. The Morgan fingerprint density at radius 1 is 1.26 bits per heavy atom. The van der Waals surface area contributed by atoms with E-state index in [4.69, 9.17) is 9.84 Å². The molecule has 0 atom stereocenters. The number of nitrogens with one attached hydrogen (secondary N) is 1. The molecule has 0 bridgehead atoms. The second-order valence-corrected chi connectivity index (χ2v) is 6.48. The molecule has 0 spiro atoms. The van der Waals surface area contributed by atoms with E-state index < -0.39 is 16.0 Å². The lowest BCUT2D eigenvalue weighted by Gasteiger charge is -2.08. The van der Waals surface area contributed by atoms with Crippen molar-refractivity contribution < 1.29 is 23.1 Å². The van der Waals surface area contributed by atoms with Crippen molar-refractivity contribution in [1.29, 1.82) is 0 Å². The van der Waals surface area contributed by atoms with Crippen molar-refractivity contribution >= 4 is 16.0 Å². The minimum atomic E-state index is -3.67. The van der Waals surface area contributed by atoms with Gasteiger partial charge in [-0.05, 0) is 24.1 Å². The zero-order valence-corrected chi connectivity index (χ0v) is 13.2. The van der Waals surface area contributed by atoms with E-state index in [0.29, 0.717) is 12.2 Å². The highest BCUT2D eigenvalue weighted by atomic mass is 32.2. The summed E-state index contributed by atoms with van der Waals surface area (Å²) in [6.45, 7) is 0.186. The zero-order valence-electron chi connectivity index (χ0n) is 12.4. The first-order chi connectivity index (χ1) is 10.9. The average Bonchev–Trinajstić information content (AvgIpc) is 2.55. The number of aromatic nitrogens is 1. The average molecular weight is 336 g/mol. The third-order valence-corrected chi connectivity index (χ3v) is 4.57. The normalized spacial score (nSPS) is 11.2. The van der Waals surface area contributed by atoms with Crippen LogP contribution in [0.1, 0.15) is 15.9 Å². The van der Waals surface area contributed by atoms with Gasteiger partial charge in [0.2, 0.25) is 10.0 Å². The predicted octanol–water partition coefficient (Wildman–Crippen LogP) is 1.31. The zero-order chi connectivity index (χ0) is 16.9. The maximum absolute atomic E-state index is 12.1. The number of aromatic carboxylic acids is 1. The SMILES string of the molecule is COc1cncc(S(=O)(=O)NCCc2ccc(C(=O)O)cc2)c1. The van der Waals surface area contributed by atoms with E-state index in [1.54, 1.807) is 12.1 Å². The molecule has 8 heteroatoms. The number of benzene rings is 1. The first-order valence-corrected chi connectivity index (χ1v) is 8.21. The molecule has 1 heterocycles. The molecule has 1 aromatic carbocycles. The van der Waals surface area contributed by atoms with E-state index in [-0.39, 0.29) is 17.0 Å². The summed E-state index contributed by atoms with van der Waals surface area (Å²) in [5.41, 5.74) is 1.03. The van der Waals surface area contributed by atoms with E-state index in [1.165, 1.54) is 37.7 Å². The molecule has 0 aliphatic rings.